The minimum Gasteiger partial charge on any atom is -0.493 e. The summed E-state index contributed by atoms with van der Waals surface area (Å²) in [4.78, 5) is 10.8. The minimum absolute atomic E-state index is 0.0738. The van der Waals surface area contributed by atoms with Gasteiger partial charge in [0.15, 0.2) is 0 Å². The van der Waals surface area contributed by atoms with E-state index in [1.54, 1.807) is 0 Å². The van der Waals surface area contributed by atoms with Crippen LogP contribution in [0.15, 0.2) is 36.9 Å². The molecule has 1 aromatic carbocycles. The Balaban J connectivity index is 2.48. The first-order chi connectivity index (χ1) is 7.22. The Morgan fingerprint density at radius 2 is 2.13 bits per heavy atom. The van der Waals surface area contributed by atoms with Crippen molar-refractivity contribution < 1.29 is 9.53 Å². The summed E-state index contributed by atoms with van der Waals surface area (Å²) in [6, 6.07) is 7.28. The number of amides is 1. The van der Waals surface area contributed by atoms with Crippen molar-refractivity contribution in [3.63, 3.8) is 0 Å². The summed E-state index contributed by atoms with van der Waals surface area (Å²) in [5.74, 6) is 0.723. The molecule has 0 radical (unpaired) electrons. The summed E-state index contributed by atoms with van der Waals surface area (Å²) in [7, 11) is 0. The van der Waals surface area contributed by atoms with Crippen molar-refractivity contribution >= 4 is 11.6 Å². The maximum absolute atomic E-state index is 10.8. The van der Waals surface area contributed by atoms with Gasteiger partial charge in [-0.2, -0.15) is 0 Å². The summed E-state index contributed by atoms with van der Waals surface area (Å²) in [5.41, 5.74) is 0.776. The number of carbonyl (C=O) groups is 1. The molecule has 0 aliphatic carbocycles. The highest BCUT2D eigenvalue weighted by molar-refractivity contribution is 5.88. The number of hydrogen-bond acceptors (Lipinski definition) is 2. The molecule has 15 heavy (non-hydrogen) atoms. The topological polar surface area (TPSA) is 38.3 Å². The first kappa shape index (κ1) is 11.3. The van der Waals surface area contributed by atoms with Gasteiger partial charge in [-0.05, 0) is 30.7 Å². The highest BCUT2D eigenvalue weighted by Crippen LogP contribution is 2.15. The van der Waals surface area contributed by atoms with Gasteiger partial charge in [-0.15, -0.1) is 6.58 Å². The molecule has 0 saturated heterocycles. The van der Waals surface area contributed by atoms with Crippen LogP contribution in [0.5, 0.6) is 5.75 Å². The van der Waals surface area contributed by atoms with E-state index in [9.17, 15) is 4.79 Å². The number of ether oxygens (including phenoxy) is 1. The molecule has 80 valence electrons. The van der Waals surface area contributed by atoms with Crippen LogP contribution in [0.3, 0.4) is 0 Å². The van der Waals surface area contributed by atoms with Gasteiger partial charge < -0.3 is 10.1 Å². The van der Waals surface area contributed by atoms with Crippen molar-refractivity contribution in [2.24, 2.45) is 0 Å². The normalized spacial score (nSPS) is 9.40. The highest BCUT2D eigenvalue weighted by atomic mass is 16.5. The second-order valence-corrected chi connectivity index (χ2v) is 3.13. The average Bonchev–Trinajstić information content (AvgIpc) is 2.20. The van der Waals surface area contributed by atoms with Crippen LogP contribution in [0.2, 0.25) is 0 Å². The lowest BCUT2D eigenvalue weighted by molar-refractivity contribution is -0.114. The molecule has 1 aromatic rings. The summed E-state index contributed by atoms with van der Waals surface area (Å²) in [5, 5.41) is 2.69. The van der Waals surface area contributed by atoms with E-state index in [0.717, 1.165) is 17.9 Å². The molecule has 1 N–H and O–H groups in total. The molecule has 0 bridgehead atoms. The zero-order valence-corrected chi connectivity index (χ0v) is 8.82. The van der Waals surface area contributed by atoms with Gasteiger partial charge in [-0.3, -0.25) is 4.79 Å². The van der Waals surface area contributed by atoms with Crippen LogP contribution < -0.4 is 10.1 Å². The van der Waals surface area contributed by atoms with Gasteiger partial charge in [0.1, 0.15) is 5.75 Å². The van der Waals surface area contributed by atoms with Crippen LogP contribution in [0, 0.1) is 0 Å². The lowest BCUT2D eigenvalue weighted by Crippen LogP contribution is -2.05. The number of rotatable bonds is 5. The van der Waals surface area contributed by atoms with Crippen molar-refractivity contribution in [2.45, 2.75) is 13.3 Å². The number of benzene rings is 1. The summed E-state index contributed by atoms with van der Waals surface area (Å²) >= 11 is 0. The quantitative estimate of drug-likeness (QED) is 0.592. The zero-order valence-electron chi connectivity index (χ0n) is 8.82. The van der Waals surface area contributed by atoms with Crippen LogP contribution in [-0.2, 0) is 4.79 Å². The van der Waals surface area contributed by atoms with E-state index in [1.807, 2.05) is 30.3 Å². The molecule has 0 spiro atoms. The predicted molar refractivity (Wildman–Crippen MR) is 61.1 cm³/mol. The highest BCUT2D eigenvalue weighted by Gasteiger charge is 1.96. The van der Waals surface area contributed by atoms with Crippen molar-refractivity contribution in [1.29, 1.82) is 0 Å². The second-order valence-electron chi connectivity index (χ2n) is 3.13. The lowest BCUT2D eigenvalue weighted by atomic mass is 10.3. The third-order valence-electron chi connectivity index (χ3n) is 1.77. The third-order valence-corrected chi connectivity index (χ3v) is 1.77. The lowest BCUT2D eigenvalue weighted by Gasteiger charge is -2.06. The molecule has 0 aliphatic rings. The molecule has 0 heterocycles. The molecule has 0 atom stereocenters. The van der Waals surface area contributed by atoms with Gasteiger partial charge in [-0.25, -0.2) is 0 Å². The van der Waals surface area contributed by atoms with E-state index in [1.165, 1.54) is 6.92 Å². The standard InChI is InChI=1S/C12H15NO2/c1-3-4-9-15-12-7-5-11(6-8-12)13-10(2)14/h3,5-8H,1,4,9H2,2H3,(H,13,14). The van der Waals surface area contributed by atoms with Gasteiger partial charge in [0.25, 0.3) is 0 Å². The number of nitrogens with one attached hydrogen (secondary N) is 1. The van der Waals surface area contributed by atoms with Crippen molar-refractivity contribution in [3.8, 4) is 5.75 Å². The van der Waals surface area contributed by atoms with E-state index in [4.69, 9.17) is 4.74 Å². The van der Waals surface area contributed by atoms with Crippen LogP contribution in [-0.4, -0.2) is 12.5 Å². The second kappa shape index (κ2) is 5.86. The van der Waals surface area contributed by atoms with Gasteiger partial charge in [-0.1, -0.05) is 6.08 Å². The Morgan fingerprint density at radius 3 is 2.67 bits per heavy atom. The predicted octanol–water partition coefficient (Wildman–Crippen LogP) is 2.60. The Kier molecular flexibility index (Phi) is 4.41. The van der Waals surface area contributed by atoms with Crippen molar-refractivity contribution in [1.82, 2.24) is 0 Å². The van der Waals surface area contributed by atoms with Crippen molar-refractivity contribution in [3.05, 3.63) is 36.9 Å². The Bertz CT molecular complexity index is 330. The first-order valence-corrected chi connectivity index (χ1v) is 4.83. The van der Waals surface area contributed by atoms with Crippen molar-refractivity contribution in [2.75, 3.05) is 11.9 Å². The monoisotopic (exact) mass is 205 g/mol. The fraction of sp³-hybridized carbons (Fsp3) is 0.250. The Labute approximate surface area is 89.8 Å². The van der Waals surface area contributed by atoms with Crippen LogP contribution >= 0.6 is 0 Å². The molecule has 0 unspecified atom stereocenters. The first-order valence-electron chi connectivity index (χ1n) is 4.83. The van der Waals surface area contributed by atoms with Crippen LogP contribution in [0.4, 0.5) is 5.69 Å². The van der Waals surface area contributed by atoms with Gasteiger partial charge in [0, 0.05) is 12.6 Å². The fourth-order valence-corrected chi connectivity index (χ4v) is 1.10. The number of anilines is 1. The summed E-state index contributed by atoms with van der Waals surface area (Å²) in [6.45, 7) is 5.72. The van der Waals surface area contributed by atoms with E-state index >= 15 is 0 Å². The SMILES string of the molecule is C=CCCOc1ccc(NC(C)=O)cc1. The zero-order chi connectivity index (χ0) is 11.1. The van der Waals surface area contributed by atoms with Gasteiger partial charge in [0.05, 0.1) is 6.61 Å². The largest absolute Gasteiger partial charge is 0.493 e. The van der Waals surface area contributed by atoms with Gasteiger partial charge >= 0.3 is 0 Å². The molecular weight excluding hydrogens is 190 g/mol. The molecule has 0 aromatic heterocycles. The maximum atomic E-state index is 10.8. The minimum atomic E-state index is -0.0738. The fourth-order valence-electron chi connectivity index (χ4n) is 1.10. The smallest absolute Gasteiger partial charge is 0.221 e. The number of carbonyl (C=O) groups excluding carboxylic acids is 1. The van der Waals surface area contributed by atoms with Gasteiger partial charge in [0.2, 0.25) is 5.91 Å². The average molecular weight is 205 g/mol. The van der Waals surface area contributed by atoms with E-state index < -0.39 is 0 Å². The molecule has 3 nitrogen and oxygen atoms in total. The third kappa shape index (κ3) is 4.31. The Hall–Kier alpha value is -1.77. The summed E-state index contributed by atoms with van der Waals surface area (Å²) in [6.07, 6.45) is 2.64. The summed E-state index contributed by atoms with van der Waals surface area (Å²) < 4.78 is 5.42. The van der Waals surface area contributed by atoms with E-state index in [0.29, 0.717) is 6.61 Å². The molecule has 0 saturated carbocycles. The number of hydrogen-bond donors (Lipinski definition) is 1. The molecule has 1 amide bonds. The molecule has 0 fully saturated rings. The van der Waals surface area contributed by atoms with E-state index in [2.05, 4.69) is 11.9 Å². The van der Waals surface area contributed by atoms with Crippen LogP contribution in [0.25, 0.3) is 0 Å². The molecular formula is C12H15NO2. The molecule has 0 aliphatic heterocycles. The Morgan fingerprint density at radius 1 is 1.47 bits per heavy atom. The molecule has 1 rings (SSSR count). The molecule has 3 heteroatoms. The maximum Gasteiger partial charge on any atom is 0.221 e. The van der Waals surface area contributed by atoms with E-state index in [-0.39, 0.29) is 5.91 Å². The van der Waals surface area contributed by atoms with Crippen LogP contribution in [0.1, 0.15) is 13.3 Å².